The SMILES string of the molecule is COCCn1ccc(N(C(=O)C(C)N2CC(Oc3ccccc3C(F)(F)F)=CC2=O)C2CCCCC2)n1. The molecule has 2 aromatic rings. The van der Waals surface area contributed by atoms with Gasteiger partial charge in [0.2, 0.25) is 0 Å². The summed E-state index contributed by atoms with van der Waals surface area (Å²) in [6, 6.07) is 5.69. The second-order valence-electron chi connectivity index (χ2n) is 9.28. The highest BCUT2D eigenvalue weighted by Gasteiger charge is 2.39. The molecule has 2 heterocycles. The van der Waals surface area contributed by atoms with Crippen molar-refractivity contribution in [3.63, 3.8) is 0 Å². The van der Waals surface area contributed by atoms with Gasteiger partial charge < -0.3 is 14.4 Å². The number of hydrogen-bond acceptors (Lipinski definition) is 5. The van der Waals surface area contributed by atoms with Gasteiger partial charge in [-0.05, 0) is 31.9 Å². The van der Waals surface area contributed by atoms with Crippen LogP contribution in [0.3, 0.4) is 0 Å². The van der Waals surface area contributed by atoms with Crippen LogP contribution in [0.2, 0.25) is 0 Å². The number of rotatable bonds is 9. The smallest absolute Gasteiger partial charge is 0.419 e. The van der Waals surface area contributed by atoms with Crippen LogP contribution in [0.1, 0.15) is 44.6 Å². The maximum Gasteiger partial charge on any atom is 0.419 e. The zero-order chi connectivity index (χ0) is 26.6. The first-order valence-electron chi connectivity index (χ1n) is 12.4. The minimum Gasteiger partial charge on any atom is -0.459 e. The summed E-state index contributed by atoms with van der Waals surface area (Å²) >= 11 is 0. The number of halogens is 3. The standard InChI is InChI=1S/C26H31F3N4O4/c1-18(32-17-20(16-24(32)34)37-22-11-7-6-10-21(22)26(27,28)29)25(35)33(19-8-4-3-5-9-19)23-12-13-31(30-23)14-15-36-2/h6-7,10-13,16,18-19H,3-5,8-9,14-15,17H2,1-2H3. The van der Waals surface area contributed by atoms with Crippen molar-refractivity contribution in [2.45, 2.75) is 63.8 Å². The van der Waals surface area contributed by atoms with E-state index in [0.717, 1.165) is 44.2 Å². The van der Waals surface area contributed by atoms with E-state index in [1.807, 2.05) is 0 Å². The average molecular weight is 521 g/mol. The van der Waals surface area contributed by atoms with E-state index in [2.05, 4.69) is 5.10 Å². The predicted octanol–water partition coefficient (Wildman–Crippen LogP) is 4.41. The van der Waals surface area contributed by atoms with Gasteiger partial charge in [-0.15, -0.1) is 0 Å². The molecule has 2 amide bonds. The second kappa shape index (κ2) is 11.4. The van der Waals surface area contributed by atoms with Gasteiger partial charge in [-0.3, -0.25) is 19.2 Å². The van der Waals surface area contributed by atoms with E-state index in [1.165, 1.54) is 23.1 Å². The fourth-order valence-corrected chi connectivity index (χ4v) is 4.78. The van der Waals surface area contributed by atoms with Crippen molar-refractivity contribution in [1.29, 1.82) is 0 Å². The lowest BCUT2D eigenvalue weighted by molar-refractivity contribution is -0.138. The molecule has 1 unspecified atom stereocenters. The summed E-state index contributed by atoms with van der Waals surface area (Å²) in [6.45, 7) is 2.52. The third-order valence-corrected chi connectivity index (χ3v) is 6.73. The minimum absolute atomic E-state index is 0.0467. The quantitative estimate of drug-likeness (QED) is 0.490. The Morgan fingerprint density at radius 2 is 1.92 bits per heavy atom. The van der Waals surface area contributed by atoms with Gasteiger partial charge in [-0.2, -0.15) is 18.3 Å². The molecule has 4 rings (SSSR count). The number of nitrogens with zero attached hydrogens (tertiary/aromatic N) is 4. The molecule has 0 saturated heterocycles. The van der Waals surface area contributed by atoms with Crippen molar-refractivity contribution >= 4 is 17.6 Å². The monoisotopic (exact) mass is 520 g/mol. The molecule has 0 N–H and O–H groups in total. The largest absolute Gasteiger partial charge is 0.459 e. The number of aromatic nitrogens is 2. The molecule has 1 aromatic heterocycles. The molecule has 0 bridgehead atoms. The lowest BCUT2D eigenvalue weighted by Gasteiger charge is -2.36. The highest BCUT2D eigenvalue weighted by atomic mass is 19.4. The normalized spacial score (nSPS) is 17.6. The number of carbonyl (C=O) groups excluding carboxylic acids is 2. The molecule has 2 aliphatic rings. The number of ether oxygens (including phenoxy) is 2. The fraction of sp³-hybridized carbons (Fsp3) is 0.500. The van der Waals surface area contributed by atoms with E-state index in [1.54, 1.807) is 35.9 Å². The van der Waals surface area contributed by atoms with Crippen LogP contribution in [0.5, 0.6) is 5.75 Å². The van der Waals surface area contributed by atoms with E-state index in [-0.39, 0.29) is 30.0 Å². The van der Waals surface area contributed by atoms with Gasteiger partial charge in [0.1, 0.15) is 17.6 Å². The van der Waals surface area contributed by atoms with Gasteiger partial charge in [-0.25, -0.2) is 0 Å². The van der Waals surface area contributed by atoms with Crippen LogP contribution >= 0.6 is 0 Å². The maximum absolute atomic E-state index is 13.8. The Balaban J connectivity index is 1.51. The van der Waals surface area contributed by atoms with Crippen LogP contribution in [-0.2, 0) is 27.0 Å². The Labute approximate surface area is 213 Å². The number of alkyl halides is 3. The number of para-hydroxylation sites is 1. The lowest BCUT2D eigenvalue weighted by Crippen LogP contribution is -2.52. The molecule has 1 saturated carbocycles. The molecular weight excluding hydrogens is 489 g/mol. The summed E-state index contributed by atoms with van der Waals surface area (Å²) in [5, 5.41) is 4.57. The molecule has 1 fully saturated rings. The lowest BCUT2D eigenvalue weighted by atomic mass is 9.93. The summed E-state index contributed by atoms with van der Waals surface area (Å²) in [4.78, 5) is 29.6. The van der Waals surface area contributed by atoms with Gasteiger partial charge in [-0.1, -0.05) is 31.4 Å². The third kappa shape index (κ3) is 6.15. The van der Waals surface area contributed by atoms with E-state index >= 15 is 0 Å². The molecule has 1 aliphatic carbocycles. The molecule has 1 atom stereocenters. The number of amides is 2. The highest BCUT2D eigenvalue weighted by molar-refractivity contribution is 6.01. The minimum atomic E-state index is -4.60. The van der Waals surface area contributed by atoms with Gasteiger partial charge >= 0.3 is 6.18 Å². The van der Waals surface area contributed by atoms with E-state index in [4.69, 9.17) is 9.47 Å². The van der Waals surface area contributed by atoms with Crippen LogP contribution < -0.4 is 9.64 Å². The first-order chi connectivity index (χ1) is 17.7. The van der Waals surface area contributed by atoms with Crippen LogP contribution in [-0.4, -0.2) is 58.8 Å². The molecule has 37 heavy (non-hydrogen) atoms. The van der Waals surface area contributed by atoms with Crippen molar-refractivity contribution in [3.05, 3.63) is 53.9 Å². The van der Waals surface area contributed by atoms with Gasteiger partial charge in [0.25, 0.3) is 11.8 Å². The number of hydrogen-bond donors (Lipinski definition) is 0. The van der Waals surface area contributed by atoms with Gasteiger partial charge in [0.05, 0.1) is 25.3 Å². The zero-order valence-electron chi connectivity index (χ0n) is 20.9. The fourth-order valence-electron chi connectivity index (χ4n) is 4.78. The molecule has 1 aromatic carbocycles. The number of anilines is 1. The second-order valence-corrected chi connectivity index (χ2v) is 9.28. The number of methoxy groups -OCH3 is 1. The Hall–Kier alpha value is -3.34. The Morgan fingerprint density at radius 1 is 1.19 bits per heavy atom. The number of carbonyl (C=O) groups is 2. The highest BCUT2D eigenvalue weighted by Crippen LogP contribution is 2.37. The maximum atomic E-state index is 13.8. The molecule has 0 radical (unpaired) electrons. The first kappa shape index (κ1) is 26.7. The van der Waals surface area contributed by atoms with Crippen LogP contribution in [0, 0.1) is 0 Å². The van der Waals surface area contributed by atoms with Gasteiger partial charge in [0.15, 0.2) is 5.82 Å². The first-order valence-corrected chi connectivity index (χ1v) is 12.4. The number of benzene rings is 1. The molecule has 8 nitrogen and oxygen atoms in total. The Morgan fingerprint density at radius 3 is 2.62 bits per heavy atom. The summed E-state index contributed by atoms with van der Waals surface area (Å²) < 4.78 is 52.4. The Kier molecular flexibility index (Phi) is 8.21. The van der Waals surface area contributed by atoms with E-state index in [0.29, 0.717) is 19.0 Å². The summed E-state index contributed by atoms with van der Waals surface area (Å²) in [7, 11) is 1.60. The van der Waals surface area contributed by atoms with E-state index < -0.39 is 23.7 Å². The summed E-state index contributed by atoms with van der Waals surface area (Å²) in [5.41, 5.74) is -0.932. The molecule has 1 aliphatic heterocycles. The van der Waals surface area contributed by atoms with Crippen molar-refractivity contribution in [2.75, 3.05) is 25.2 Å². The summed E-state index contributed by atoms with van der Waals surface area (Å²) in [6.07, 6.45) is 3.08. The van der Waals surface area contributed by atoms with Crippen LogP contribution in [0.25, 0.3) is 0 Å². The molecular formula is C26H31F3N4O4. The molecule has 11 heteroatoms. The third-order valence-electron chi connectivity index (χ3n) is 6.73. The zero-order valence-corrected chi connectivity index (χ0v) is 20.9. The molecule has 200 valence electrons. The predicted molar refractivity (Wildman–Crippen MR) is 130 cm³/mol. The van der Waals surface area contributed by atoms with Gasteiger partial charge in [0, 0.05) is 31.5 Å². The Bertz CT molecular complexity index is 1140. The van der Waals surface area contributed by atoms with Crippen LogP contribution in [0.15, 0.2) is 48.4 Å². The van der Waals surface area contributed by atoms with Crippen molar-refractivity contribution in [2.24, 2.45) is 0 Å². The summed E-state index contributed by atoms with van der Waals surface area (Å²) in [5.74, 6) is -0.609. The average Bonchev–Trinajstić information content (AvgIpc) is 3.49. The van der Waals surface area contributed by atoms with E-state index in [9.17, 15) is 22.8 Å². The molecule has 0 spiro atoms. The van der Waals surface area contributed by atoms with Crippen molar-refractivity contribution in [3.8, 4) is 5.75 Å². The topological polar surface area (TPSA) is 76.9 Å². The van der Waals surface area contributed by atoms with Crippen molar-refractivity contribution in [1.82, 2.24) is 14.7 Å². The van der Waals surface area contributed by atoms with Crippen LogP contribution in [0.4, 0.5) is 19.0 Å². The van der Waals surface area contributed by atoms with Crippen molar-refractivity contribution < 1.29 is 32.2 Å².